The normalized spacial score (nSPS) is 12.0. The van der Waals surface area contributed by atoms with Gasteiger partial charge in [0.2, 0.25) is 0 Å². The van der Waals surface area contributed by atoms with E-state index in [-0.39, 0.29) is 16.7 Å². The minimum atomic E-state index is -4.46. The van der Waals surface area contributed by atoms with E-state index in [1.165, 1.54) is 6.07 Å². The van der Waals surface area contributed by atoms with E-state index in [4.69, 9.17) is 0 Å². The van der Waals surface area contributed by atoms with E-state index in [1.54, 1.807) is 6.07 Å². The Labute approximate surface area is 111 Å². The number of aromatic nitrogens is 1. The van der Waals surface area contributed by atoms with Crippen molar-refractivity contribution in [3.8, 4) is 5.75 Å². The molecular weight excluding hydrogens is 265 g/mol. The Bertz CT molecular complexity index is 678. The van der Waals surface area contributed by atoms with Gasteiger partial charge in [0.25, 0.3) is 0 Å². The van der Waals surface area contributed by atoms with Gasteiger partial charge in [-0.2, -0.15) is 0 Å². The smallest absolute Gasteiger partial charge is 0.374 e. The molecule has 0 aliphatic carbocycles. The lowest BCUT2D eigenvalue weighted by molar-refractivity contribution is 0.386. The molecule has 0 saturated carbocycles. The zero-order valence-corrected chi connectivity index (χ0v) is 11.7. The van der Waals surface area contributed by atoms with E-state index in [0.29, 0.717) is 18.4 Å². The lowest BCUT2D eigenvalue weighted by Gasteiger charge is -2.16. The SMILES string of the molecule is CCc1c(P(=O)(O)O)nc2c(O)cccc2c1CC. The summed E-state index contributed by atoms with van der Waals surface area (Å²) >= 11 is 0. The monoisotopic (exact) mass is 281 g/mol. The van der Waals surface area contributed by atoms with Crippen molar-refractivity contribution in [2.45, 2.75) is 26.7 Å². The summed E-state index contributed by atoms with van der Waals surface area (Å²) in [6.45, 7) is 3.76. The van der Waals surface area contributed by atoms with Crippen molar-refractivity contribution in [1.82, 2.24) is 4.98 Å². The molecule has 0 saturated heterocycles. The van der Waals surface area contributed by atoms with Crippen molar-refractivity contribution in [2.75, 3.05) is 0 Å². The van der Waals surface area contributed by atoms with Crippen LogP contribution < -0.4 is 5.44 Å². The number of rotatable bonds is 3. The number of phenols is 1. The third kappa shape index (κ3) is 2.37. The molecule has 0 aliphatic rings. The highest BCUT2D eigenvalue weighted by atomic mass is 31.2. The van der Waals surface area contributed by atoms with Gasteiger partial charge in [0.1, 0.15) is 11.3 Å². The molecule has 1 aromatic carbocycles. The summed E-state index contributed by atoms with van der Waals surface area (Å²) in [5, 5.41) is 10.6. The lowest BCUT2D eigenvalue weighted by Crippen LogP contribution is -2.18. The average Bonchev–Trinajstić information content (AvgIpc) is 2.35. The van der Waals surface area contributed by atoms with E-state index in [9.17, 15) is 19.5 Å². The highest BCUT2D eigenvalue weighted by Crippen LogP contribution is 2.38. The molecule has 19 heavy (non-hydrogen) atoms. The minimum absolute atomic E-state index is 0.0652. The lowest BCUT2D eigenvalue weighted by atomic mass is 9.99. The summed E-state index contributed by atoms with van der Waals surface area (Å²) in [7, 11) is -4.46. The van der Waals surface area contributed by atoms with Gasteiger partial charge in [0.05, 0.1) is 0 Å². The minimum Gasteiger partial charge on any atom is -0.506 e. The number of para-hydroxylation sites is 1. The predicted octanol–water partition coefficient (Wildman–Crippen LogP) is 1.87. The molecule has 0 aliphatic heterocycles. The standard InChI is InChI=1S/C13H16NO4P/c1-3-8-9(4-2)13(19(16,17)18)14-12-10(8)6-5-7-11(12)15/h5-7,15H,3-4H2,1-2H3,(H2,16,17,18). The Morgan fingerprint density at radius 1 is 1.16 bits per heavy atom. The second kappa shape index (κ2) is 4.93. The summed E-state index contributed by atoms with van der Waals surface area (Å²) in [5.41, 5.74) is 1.44. The molecule has 1 heterocycles. The fourth-order valence-electron chi connectivity index (χ4n) is 2.38. The van der Waals surface area contributed by atoms with Gasteiger partial charge in [0, 0.05) is 5.39 Å². The van der Waals surface area contributed by atoms with E-state index >= 15 is 0 Å². The molecule has 0 fully saturated rings. The maximum Gasteiger partial charge on any atom is 0.374 e. The number of aryl methyl sites for hydroxylation is 1. The van der Waals surface area contributed by atoms with Gasteiger partial charge in [-0.05, 0) is 30.0 Å². The summed E-state index contributed by atoms with van der Waals surface area (Å²) in [5.74, 6) is -0.0652. The fourth-order valence-corrected chi connectivity index (χ4v) is 3.25. The maximum atomic E-state index is 11.6. The van der Waals surface area contributed by atoms with Crippen LogP contribution in [0.4, 0.5) is 0 Å². The number of aromatic hydroxyl groups is 1. The molecule has 2 rings (SSSR count). The molecule has 102 valence electrons. The van der Waals surface area contributed by atoms with Gasteiger partial charge in [-0.3, -0.25) is 4.57 Å². The third-order valence-electron chi connectivity index (χ3n) is 3.17. The first-order valence-electron chi connectivity index (χ1n) is 6.09. The van der Waals surface area contributed by atoms with Crippen LogP contribution in [0.2, 0.25) is 0 Å². The van der Waals surface area contributed by atoms with Gasteiger partial charge in [0.15, 0.2) is 5.44 Å². The van der Waals surface area contributed by atoms with E-state index < -0.39 is 7.60 Å². The summed E-state index contributed by atoms with van der Waals surface area (Å²) in [6.07, 6.45) is 1.11. The highest BCUT2D eigenvalue weighted by Gasteiger charge is 2.26. The third-order valence-corrected chi connectivity index (χ3v) is 4.10. The first-order valence-corrected chi connectivity index (χ1v) is 7.70. The number of hydrogen-bond acceptors (Lipinski definition) is 3. The Hall–Kier alpha value is -1.42. The van der Waals surface area contributed by atoms with Crippen LogP contribution in [0.15, 0.2) is 18.2 Å². The van der Waals surface area contributed by atoms with Crippen LogP contribution >= 0.6 is 7.60 Å². The van der Waals surface area contributed by atoms with Crippen molar-refractivity contribution in [2.24, 2.45) is 0 Å². The van der Waals surface area contributed by atoms with Crippen molar-refractivity contribution in [3.63, 3.8) is 0 Å². The number of phenolic OH excluding ortho intramolecular Hbond substituents is 1. The van der Waals surface area contributed by atoms with Crippen LogP contribution in [-0.4, -0.2) is 19.9 Å². The van der Waals surface area contributed by atoms with E-state index in [1.807, 2.05) is 19.9 Å². The molecule has 0 atom stereocenters. The number of pyridine rings is 1. The van der Waals surface area contributed by atoms with Gasteiger partial charge in [-0.15, -0.1) is 0 Å². The van der Waals surface area contributed by atoms with Crippen LogP contribution in [0.3, 0.4) is 0 Å². The quantitative estimate of drug-likeness (QED) is 0.747. The van der Waals surface area contributed by atoms with Crippen molar-refractivity contribution >= 4 is 23.9 Å². The zero-order valence-electron chi connectivity index (χ0n) is 10.8. The van der Waals surface area contributed by atoms with Gasteiger partial charge < -0.3 is 14.9 Å². The molecule has 0 spiro atoms. The highest BCUT2D eigenvalue weighted by molar-refractivity contribution is 7.60. The van der Waals surface area contributed by atoms with Crippen molar-refractivity contribution < 1.29 is 19.5 Å². The number of nitrogens with zero attached hydrogens (tertiary/aromatic N) is 1. The first-order chi connectivity index (χ1) is 8.90. The molecule has 5 nitrogen and oxygen atoms in total. The Morgan fingerprint density at radius 2 is 1.79 bits per heavy atom. The summed E-state index contributed by atoms with van der Waals surface area (Å²) in [6, 6.07) is 4.97. The molecule has 0 amide bonds. The second-order valence-electron chi connectivity index (χ2n) is 4.32. The number of fused-ring (bicyclic) bond motifs is 1. The van der Waals surface area contributed by atoms with Gasteiger partial charge in [-0.25, -0.2) is 4.98 Å². The first kappa shape index (κ1) is 14.0. The molecule has 6 heteroatoms. The Morgan fingerprint density at radius 3 is 2.32 bits per heavy atom. The summed E-state index contributed by atoms with van der Waals surface area (Å²) in [4.78, 5) is 22.9. The molecule has 1 aromatic heterocycles. The van der Waals surface area contributed by atoms with Crippen LogP contribution in [0, 0.1) is 0 Å². The number of benzene rings is 1. The molecule has 0 bridgehead atoms. The van der Waals surface area contributed by atoms with Crippen LogP contribution in [0.5, 0.6) is 5.75 Å². The van der Waals surface area contributed by atoms with Crippen LogP contribution in [0.1, 0.15) is 25.0 Å². The van der Waals surface area contributed by atoms with Crippen molar-refractivity contribution in [3.05, 3.63) is 29.3 Å². The van der Waals surface area contributed by atoms with E-state index in [0.717, 1.165) is 10.9 Å². The fraction of sp³-hybridized carbons (Fsp3) is 0.308. The Balaban J connectivity index is 2.98. The molecule has 0 radical (unpaired) electrons. The van der Waals surface area contributed by atoms with Crippen molar-refractivity contribution in [1.29, 1.82) is 0 Å². The zero-order chi connectivity index (χ0) is 14.2. The second-order valence-corrected chi connectivity index (χ2v) is 5.83. The average molecular weight is 281 g/mol. The van der Waals surface area contributed by atoms with Crippen LogP contribution in [-0.2, 0) is 17.4 Å². The van der Waals surface area contributed by atoms with Gasteiger partial charge >= 0.3 is 7.60 Å². The predicted molar refractivity (Wildman–Crippen MR) is 73.8 cm³/mol. The Kier molecular flexibility index (Phi) is 3.63. The maximum absolute atomic E-state index is 11.6. The molecule has 2 aromatic rings. The molecular formula is C13H16NO4P. The summed E-state index contributed by atoms with van der Waals surface area (Å²) < 4.78 is 11.6. The molecule has 0 unspecified atom stereocenters. The van der Waals surface area contributed by atoms with Gasteiger partial charge in [-0.1, -0.05) is 26.0 Å². The topological polar surface area (TPSA) is 90.7 Å². The largest absolute Gasteiger partial charge is 0.506 e. The van der Waals surface area contributed by atoms with Crippen LogP contribution in [0.25, 0.3) is 10.9 Å². The molecule has 3 N–H and O–H groups in total. The van der Waals surface area contributed by atoms with E-state index in [2.05, 4.69) is 4.98 Å². The number of hydrogen-bond donors (Lipinski definition) is 3.